The van der Waals surface area contributed by atoms with E-state index in [9.17, 15) is 14.4 Å². The highest BCUT2D eigenvalue weighted by atomic mass is 35.5. The molecule has 2 amide bonds. The lowest BCUT2D eigenvalue weighted by Gasteiger charge is -2.34. The number of hydrazine groups is 1. The summed E-state index contributed by atoms with van der Waals surface area (Å²) in [4.78, 5) is 49.4. The van der Waals surface area contributed by atoms with Gasteiger partial charge in [0, 0.05) is 46.7 Å². The summed E-state index contributed by atoms with van der Waals surface area (Å²) in [7, 11) is 0. The van der Waals surface area contributed by atoms with Crippen molar-refractivity contribution in [2.75, 3.05) is 10.3 Å². The summed E-state index contributed by atoms with van der Waals surface area (Å²) in [5.74, 6) is -0.894. The molecule has 44 heavy (non-hydrogen) atoms. The average Bonchev–Trinajstić information content (AvgIpc) is 3.63. The van der Waals surface area contributed by atoms with Crippen molar-refractivity contribution in [1.29, 1.82) is 0 Å². The van der Waals surface area contributed by atoms with Gasteiger partial charge < -0.3 is 14.9 Å². The quantitative estimate of drug-likeness (QED) is 0.188. The number of hydrogen-bond acceptors (Lipinski definition) is 6. The van der Waals surface area contributed by atoms with Gasteiger partial charge in [0.05, 0.1) is 25.8 Å². The van der Waals surface area contributed by atoms with E-state index >= 15 is 0 Å². The van der Waals surface area contributed by atoms with Gasteiger partial charge in [0.25, 0.3) is 11.5 Å². The number of nitrogens with zero attached hydrogens (tertiary/aromatic N) is 3. The Bertz CT molecular complexity index is 2140. The largest absolute Gasteiger partial charge is 0.361 e. The molecule has 7 rings (SSSR count). The Labute approximate surface area is 265 Å². The van der Waals surface area contributed by atoms with Crippen molar-refractivity contribution in [3.63, 3.8) is 0 Å². The zero-order valence-electron chi connectivity index (χ0n) is 23.2. The molecule has 3 N–H and O–H groups in total. The van der Waals surface area contributed by atoms with E-state index in [4.69, 9.17) is 23.2 Å². The second kappa shape index (κ2) is 11.2. The van der Waals surface area contributed by atoms with Crippen molar-refractivity contribution < 1.29 is 9.59 Å². The highest BCUT2D eigenvalue weighted by Crippen LogP contribution is 2.35. The van der Waals surface area contributed by atoms with Crippen molar-refractivity contribution >= 4 is 78.3 Å². The fourth-order valence-corrected chi connectivity index (χ4v) is 6.83. The maximum Gasteiger partial charge on any atom is 0.276 e. The smallest absolute Gasteiger partial charge is 0.276 e. The number of halogens is 2. The lowest BCUT2D eigenvalue weighted by molar-refractivity contribution is -0.118. The average molecular weight is 644 g/mol. The summed E-state index contributed by atoms with van der Waals surface area (Å²) in [6, 6.07) is 20.5. The molecule has 12 heteroatoms. The van der Waals surface area contributed by atoms with Crippen LogP contribution in [-0.2, 0) is 17.8 Å². The molecule has 1 aliphatic rings. The van der Waals surface area contributed by atoms with Crippen molar-refractivity contribution in [3.8, 4) is 0 Å². The number of aryl methyl sites for hydroxylation is 1. The van der Waals surface area contributed by atoms with E-state index in [0.29, 0.717) is 34.5 Å². The molecular weight excluding hydrogens is 619 g/mol. The molecule has 0 bridgehead atoms. The van der Waals surface area contributed by atoms with Crippen LogP contribution in [-0.4, -0.2) is 26.3 Å². The molecule has 1 aliphatic heterocycles. The van der Waals surface area contributed by atoms with Gasteiger partial charge in [0.1, 0.15) is 6.04 Å². The van der Waals surface area contributed by atoms with Crippen LogP contribution in [0.25, 0.3) is 21.1 Å². The van der Waals surface area contributed by atoms with Crippen LogP contribution in [0.4, 0.5) is 10.8 Å². The molecular formula is C32H24Cl2N6O3S. The number of hydrogen-bond donors (Lipinski definition) is 3. The minimum absolute atomic E-state index is 0.274. The molecule has 9 nitrogen and oxygen atoms in total. The summed E-state index contributed by atoms with van der Waals surface area (Å²) >= 11 is 13.6. The van der Waals surface area contributed by atoms with Crippen LogP contribution in [0.1, 0.15) is 33.2 Å². The fraction of sp³-hybridized carbons (Fsp3) is 0.125. The first-order chi connectivity index (χ1) is 21.3. The lowest BCUT2D eigenvalue weighted by Crippen LogP contribution is -2.54. The van der Waals surface area contributed by atoms with Crippen molar-refractivity contribution in [2.45, 2.75) is 25.9 Å². The summed E-state index contributed by atoms with van der Waals surface area (Å²) in [5.41, 5.74) is 6.98. The molecule has 3 aromatic carbocycles. The maximum absolute atomic E-state index is 14.1. The van der Waals surface area contributed by atoms with Crippen LogP contribution in [0.2, 0.25) is 10.0 Å². The van der Waals surface area contributed by atoms with Gasteiger partial charge in [-0.2, -0.15) is 0 Å². The number of carbonyl (C=O) groups is 2. The third-order valence-corrected chi connectivity index (χ3v) is 9.55. The van der Waals surface area contributed by atoms with E-state index in [1.165, 1.54) is 28.5 Å². The zero-order chi connectivity index (χ0) is 30.5. The number of H-pyrrole nitrogens is 1. The summed E-state index contributed by atoms with van der Waals surface area (Å²) in [5, 5.41) is 6.23. The maximum atomic E-state index is 14.1. The Morgan fingerprint density at radius 2 is 1.82 bits per heavy atom. The van der Waals surface area contributed by atoms with E-state index in [0.717, 1.165) is 26.7 Å². The standard InChI is InChI=1S/C32H24Cl2N6O3S/c1-17-28-21(15-27(41)39(17)13-12-18-16-35-24-7-3-2-6-20(18)24)29(30(42)36-19-10-11-22(33)23(34)14-19)38-40(31(28)43)32-37-25-8-4-5-9-26(25)44-32/h2-11,14-16,29,35,38H,12-13H2,1H3,(H,36,42)/t29-/m1/s1. The van der Waals surface area contributed by atoms with Gasteiger partial charge in [-0.05, 0) is 55.3 Å². The van der Waals surface area contributed by atoms with Crippen molar-refractivity contribution in [1.82, 2.24) is 20.0 Å². The summed E-state index contributed by atoms with van der Waals surface area (Å²) < 4.78 is 2.48. The fourth-order valence-electron chi connectivity index (χ4n) is 5.60. The Balaban J connectivity index is 1.29. The normalized spacial score (nSPS) is 14.8. The van der Waals surface area contributed by atoms with Crippen LogP contribution in [0, 0.1) is 6.92 Å². The summed E-state index contributed by atoms with van der Waals surface area (Å²) in [6.07, 6.45) is 2.51. The molecule has 6 aromatic rings. The molecule has 220 valence electrons. The van der Waals surface area contributed by atoms with E-state index in [1.54, 1.807) is 23.6 Å². The topological polar surface area (TPSA) is 112 Å². The molecule has 0 saturated carbocycles. The Morgan fingerprint density at radius 1 is 1.02 bits per heavy atom. The van der Waals surface area contributed by atoms with Crippen LogP contribution in [0.3, 0.4) is 0 Å². The van der Waals surface area contributed by atoms with Gasteiger partial charge >= 0.3 is 0 Å². The number of fused-ring (bicyclic) bond motifs is 3. The molecule has 0 aliphatic carbocycles. The number of rotatable bonds is 6. The first-order valence-electron chi connectivity index (χ1n) is 13.8. The first-order valence-corrected chi connectivity index (χ1v) is 15.4. The van der Waals surface area contributed by atoms with Gasteiger partial charge in [0.2, 0.25) is 11.0 Å². The minimum Gasteiger partial charge on any atom is -0.361 e. The highest BCUT2D eigenvalue weighted by molar-refractivity contribution is 7.22. The predicted molar refractivity (Wildman–Crippen MR) is 175 cm³/mol. The molecule has 1 atom stereocenters. The predicted octanol–water partition coefficient (Wildman–Crippen LogP) is 6.64. The van der Waals surface area contributed by atoms with E-state index in [2.05, 4.69) is 20.7 Å². The van der Waals surface area contributed by atoms with E-state index in [1.807, 2.05) is 54.7 Å². The molecule has 0 saturated heterocycles. The molecule has 4 heterocycles. The zero-order valence-corrected chi connectivity index (χ0v) is 25.6. The summed E-state index contributed by atoms with van der Waals surface area (Å²) in [6.45, 7) is 2.09. The monoisotopic (exact) mass is 642 g/mol. The van der Waals surface area contributed by atoms with Gasteiger partial charge in [-0.15, -0.1) is 0 Å². The first kappa shape index (κ1) is 28.3. The number of aromatic amines is 1. The van der Waals surface area contributed by atoms with Crippen molar-refractivity contribution in [3.05, 3.63) is 122 Å². The second-order valence-corrected chi connectivity index (χ2v) is 12.3. The third-order valence-electron chi connectivity index (χ3n) is 7.79. The number of nitrogens with one attached hydrogen (secondary N) is 3. The van der Waals surface area contributed by atoms with Crippen LogP contribution in [0.5, 0.6) is 0 Å². The number of pyridine rings is 1. The van der Waals surface area contributed by atoms with Crippen LogP contribution in [0.15, 0.2) is 83.8 Å². The van der Waals surface area contributed by atoms with Gasteiger partial charge in [-0.1, -0.05) is 64.9 Å². The SMILES string of the molecule is Cc1c2c(cc(=O)n1CCc1c[nH]c3ccccc13)[C@H](C(=O)Nc1ccc(Cl)c(Cl)c1)NN(c1nc3ccccc3s1)C2=O. The van der Waals surface area contributed by atoms with Gasteiger partial charge in [-0.3, -0.25) is 14.4 Å². The number of thiazole rings is 1. The Morgan fingerprint density at radius 3 is 2.64 bits per heavy atom. The number of aromatic nitrogens is 3. The number of amides is 2. The van der Waals surface area contributed by atoms with Gasteiger partial charge in [-0.25, -0.2) is 15.4 Å². The minimum atomic E-state index is -1.08. The molecule has 0 unspecified atom stereocenters. The number of para-hydroxylation sites is 2. The third kappa shape index (κ3) is 4.95. The number of carbonyl (C=O) groups excluding carboxylic acids is 2. The van der Waals surface area contributed by atoms with E-state index in [-0.39, 0.29) is 21.7 Å². The molecule has 0 spiro atoms. The van der Waals surface area contributed by atoms with E-state index < -0.39 is 17.9 Å². The molecule has 0 fully saturated rings. The van der Waals surface area contributed by atoms with Gasteiger partial charge in [0.15, 0.2) is 0 Å². The second-order valence-electron chi connectivity index (χ2n) is 10.4. The Hall–Kier alpha value is -4.48. The Kier molecular flexibility index (Phi) is 7.22. The lowest BCUT2D eigenvalue weighted by atomic mass is 9.96. The number of anilines is 2. The number of benzene rings is 3. The van der Waals surface area contributed by atoms with Crippen LogP contribution >= 0.6 is 34.5 Å². The molecule has 0 radical (unpaired) electrons. The highest BCUT2D eigenvalue weighted by Gasteiger charge is 2.39. The van der Waals surface area contributed by atoms with Crippen molar-refractivity contribution in [2.24, 2.45) is 0 Å². The van der Waals surface area contributed by atoms with Crippen LogP contribution < -0.4 is 21.3 Å². The molecule has 3 aromatic heterocycles.